The quantitative estimate of drug-likeness (QED) is 0.863. The maximum atomic E-state index is 12.1. The number of aromatic nitrogens is 1. The molecular formula is C16H21Cl2N3OS. The van der Waals surface area contributed by atoms with Crippen LogP contribution in [0, 0.1) is 5.92 Å². The van der Waals surface area contributed by atoms with Gasteiger partial charge in [-0.25, -0.2) is 4.98 Å². The van der Waals surface area contributed by atoms with Crippen LogP contribution in [0.25, 0.3) is 10.6 Å². The first-order chi connectivity index (χ1) is 10.3. The summed E-state index contributed by atoms with van der Waals surface area (Å²) in [6.07, 6.45) is 2.37. The van der Waals surface area contributed by atoms with Gasteiger partial charge in [0.05, 0.1) is 0 Å². The topological polar surface area (TPSA) is 54.0 Å². The molecule has 0 radical (unpaired) electrons. The number of rotatable bonds is 4. The smallest absolute Gasteiger partial charge is 0.270 e. The first-order valence-electron chi connectivity index (χ1n) is 7.33. The van der Waals surface area contributed by atoms with E-state index in [2.05, 4.69) is 15.6 Å². The fraction of sp³-hybridized carbons (Fsp3) is 0.375. The van der Waals surface area contributed by atoms with E-state index in [1.54, 1.807) is 0 Å². The molecule has 1 aromatic heterocycles. The van der Waals surface area contributed by atoms with E-state index in [9.17, 15) is 4.79 Å². The first-order valence-corrected chi connectivity index (χ1v) is 8.21. The Morgan fingerprint density at radius 3 is 2.78 bits per heavy atom. The largest absolute Gasteiger partial charge is 0.350 e. The standard InChI is InChI=1S/C16H19N3OS.2ClH/c20-15(18-10-12-5-4-8-17-9-12)14-11-21-16(19-14)13-6-2-1-3-7-13;;/h1-3,6-7,11-12,17H,4-5,8-10H2,(H,18,20);2*1H. The zero-order valence-corrected chi connectivity index (χ0v) is 15.1. The molecule has 0 bridgehead atoms. The van der Waals surface area contributed by atoms with Gasteiger partial charge in [0.15, 0.2) is 0 Å². The molecule has 1 aliphatic heterocycles. The number of carbonyl (C=O) groups excluding carboxylic acids is 1. The van der Waals surface area contributed by atoms with Crippen molar-refractivity contribution in [3.05, 3.63) is 41.4 Å². The molecular weight excluding hydrogens is 353 g/mol. The van der Waals surface area contributed by atoms with Crippen molar-refractivity contribution in [1.29, 1.82) is 0 Å². The number of nitrogens with one attached hydrogen (secondary N) is 2. The van der Waals surface area contributed by atoms with Crippen molar-refractivity contribution in [3.8, 4) is 10.6 Å². The SMILES string of the molecule is Cl.Cl.O=C(NCC1CCCNC1)c1csc(-c2ccccc2)n1. The second-order valence-electron chi connectivity index (χ2n) is 5.33. The number of benzene rings is 1. The molecule has 3 rings (SSSR count). The molecule has 23 heavy (non-hydrogen) atoms. The number of thiazole rings is 1. The van der Waals surface area contributed by atoms with Crippen molar-refractivity contribution >= 4 is 42.1 Å². The molecule has 0 saturated carbocycles. The molecule has 1 saturated heterocycles. The summed E-state index contributed by atoms with van der Waals surface area (Å²) in [5.74, 6) is 0.467. The third-order valence-corrected chi connectivity index (χ3v) is 4.60. The molecule has 0 spiro atoms. The minimum Gasteiger partial charge on any atom is -0.350 e. The number of piperidine rings is 1. The van der Waals surface area contributed by atoms with Crippen LogP contribution >= 0.6 is 36.2 Å². The molecule has 2 aromatic rings. The Hall–Kier alpha value is -1.14. The van der Waals surface area contributed by atoms with Crippen LogP contribution in [0.5, 0.6) is 0 Å². The van der Waals surface area contributed by atoms with E-state index >= 15 is 0 Å². The highest BCUT2D eigenvalue weighted by molar-refractivity contribution is 7.13. The molecule has 126 valence electrons. The number of hydrogen-bond donors (Lipinski definition) is 2. The summed E-state index contributed by atoms with van der Waals surface area (Å²) in [6.45, 7) is 2.81. The van der Waals surface area contributed by atoms with Crippen molar-refractivity contribution in [2.75, 3.05) is 19.6 Å². The fourth-order valence-corrected chi connectivity index (χ4v) is 3.32. The predicted octanol–water partition coefficient (Wildman–Crippen LogP) is 3.38. The molecule has 1 unspecified atom stereocenters. The maximum Gasteiger partial charge on any atom is 0.270 e. The zero-order valence-electron chi connectivity index (χ0n) is 12.7. The van der Waals surface area contributed by atoms with Crippen molar-refractivity contribution in [3.63, 3.8) is 0 Å². The summed E-state index contributed by atoms with van der Waals surface area (Å²) in [5.41, 5.74) is 1.57. The van der Waals surface area contributed by atoms with Gasteiger partial charge in [0, 0.05) is 17.5 Å². The molecule has 0 aliphatic carbocycles. The lowest BCUT2D eigenvalue weighted by molar-refractivity contribution is 0.0940. The zero-order chi connectivity index (χ0) is 14.5. The van der Waals surface area contributed by atoms with Gasteiger partial charge in [-0.05, 0) is 31.8 Å². The monoisotopic (exact) mass is 373 g/mol. The Bertz CT molecular complexity index is 600. The normalized spacial score (nSPS) is 16.8. The Morgan fingerprint density at radius 2 is 2.09 bits per heavy atom. The number of amides is 1. The molecule has 2 heterocycles. The van der Waals surface area contributed by atoms with Crippen LogP contribution in [0.15, 0.2) is 35.7 Å². The lowest BCUT2D eigenvalue weighted by atomic mass is 10.00. The molecule has 2 N–H and O–H groups in total. The maximum absolute atomic E-state index is 12.1. The van der Waals surface area contributed by atoms with Crippen molar-refractivity contribution in [1.82, 2.24) is 15.6 Å². The lowest BCUT2D eigenvalue weighted by Crippen LogP contribution is -2.38. The summed E-state index contributed by atoms with van der Waals surface area (Å²) in [4.78, 5) is 16.6. The average Bonchev–Trinajstić information content (AvgIpc) is 3.04. The van der Waals surface area contributed by atoms with E-state index in [-0.39, 0.29) is 30.7 Å². The van der Waals surface area contributed by atoms with Crippen LogP contribution in [0.4, 0.5) is 0 Å². The summed E-state index contributed by atoms with van der Waals surface area (Å²) in [6, 6.07) is 9.95. The van der Waals surface area contributed by atoms with Gasteiger partial charge in [0.1, 0.15) is 10.7 Å². The Balaban J connectivity index is 0.00000132. The highest BCUT2D eigenvalue weighted by Gasteiger charge is 2.16. The van der Waals surface area contributed by atoms with Gasteiger partial charge in [-0.2, -0.15) is 0 Å². The van der Waals surface area contributed by atoms with Gasteiger partial charge in [0.2, 0.25) is 0 Å². The number of nitrogens with zero attached hydrogens (tertiary/aromatic N) is 1. The first kappa shape index (κ1) is 19.9. The van der Waals surface area contributed by atoms with E-state index in [0.29, 0.717) is 11.6 Å². The Kier molecular flexibility index (Phi) is 8.55. The minimum absolute atomic E-state index is 0. The number of carbonyl (C=O) groups is 1. The van der Waals surface area contributed by atoms with Crippen molar-refractivity contribution in [2.24, 2.45) is 5.92 Å². The van der Waals surface area contributed by atoms with E-state index in [4.69, 9.17) is 0 Å². The Morgan fingerprint density at radius 1 is 1.30 bits per heavy atom. The van der Waals surface area contributed by atoms with E-state index < -0.39 is 0 Å². The van der Waals surface area contributed by atoms with Crippen molar-refractivity contribution < 1.29 is 4.79 Å². The van der Waals surface area contributed by atoms with Crippen LogP contribution in [-0.4, -0.2) is 30.5 Å². The average molecular weight is 374 g/mol. The third-order valence-electron chi connectivity index (χ3n) is 3.71. The minimum atomic E-state index is -0.0704. The molecule has 1 aromatic carbocycles. The van der Waals surface area contributed by atoms with Gasteiger partial charge in [-0.15, -0.1) is 36.2 Å². The summed E-state index contributed by atoms with van der Waals surface area (Å²) in [5, 5.41) is 9.08. The van der Waals surface area contributed by atoms with E-state index in [0.717, 1.165) is 30.2 Å². The van der Waals surface area contributed by atoms with Crippen LogP contribution in [-0.2, 0) is 0 Å². The Labute approximate surface area is 152 Å². The van der Waals surface area contributed by atoms with Crippen LogP contribution in [0.3, 0.4) is 0 Å². The van der Waals surface area contributed by atoms with Gasteiger partial charge < -0.3 is 10.6 Å². The molecule has 1 amide bonds. The fourth-order valence-electron chi connectivity index (χ4n) is 2.52. The molecule has 7 heteroatoms. The highest BCUT2D eigenvalue weighted by Crippen LogP contribution is 2.23. The van der Waals surface area contributed by atoms with E-state index in [1.807, 2.05) is 35.7 Å². The van der Waals surface area contributed by atoms with Gasteiger partial charge in [-0.3, -0.25) is 4.79 Å². The van der Waals surface area contributed by atoms with Crippen LogP contribution < -0.4 is 10.6 Å². The lowest BCUT2D eigenvalue weighted by Gasteiger charge is -2.22. The molecule has 1 aliphatic rings. The molecule has 1 fully saturated rings. The number of hydrogen-bond acceptors (Lipinski definition) is 4. The summed E-state index contributed by atoms with van der Waals surface area (Å²) < 4.78 is 0. The third kappa shape index (κ3) is 5.46. The second-order valence-corrected chi connectivity index (χ2v) is 6.18. The summed E-state index contributed by atoms with van der Waals surface area (Å²) in [7, 11) is 0. The van der Waals surface area contributed by atoms with Gasteiger partial charge >= 0.3 is 0 Å². The number of halogens is 2. The molecule has 4 nitrogen and oxygen atoms in total. The highest BCUT2D eigenvalue weighted by atomic mass is 35.5. The predicted molar refractivity (Wildman–Crippen MR) is 100.0 cm³/mol. The van der Waals surface area contributed by atoms with E-state index in [1.165, 1.54) is 24.2 Å². The van der Waals surface area contributed by atoms with Crippen LogP contribution in [0.1, 0.15) is 23.3 Å². The van der Waals surface area contributed by atoms with Gasteiger partial charge in [0.25, 0.3) is 5.91 Å². The van der Waals surface area contributed by atoms with Crippen LogP contribution in [0.2, 0.25) is 0 Å². The van der Waals surface area contributed by atoms with Crippen molar-refractivity contribution in [2.45, 2.75) is 12.8 Å². The second kappa shape index (κ2) is 9.88. The van der Waals surface area contributed by atoms with Gasteiger partial charge in [-0.1, -0.05) is 30.3 Å². The molecule has 1 atom stereocenters. The summed E-state index contributed by atoms with van der Waals surface area (Å²) >= 11 is 1.51.